The molecule has 1 heterocycles. The Kier molecular flexibility index (Phi) is 38.5. The van der Waals surface area contributed by atoms with E-state index in [1.165, 1.54) is 4.90 Å². The molecule has 22 N–H and O–H groups in total. The molecule has 0 aliphatic carbocycles. The number of hydrogen-bond acceptors (Lipinski definition) is 20. The summed E-state index contributed by atoms with van der Waals surface area (Å²) in [7, 11) is 0. The van der Waals surface area contributed by atoms with Crippen LogP contribution in [0.25, 0.3) is 0 Å². The zero-order valence-electron chi connectivity index (χ0n) is 51.6. The molecule has 0 saturated carbocycles. The number of amides is 12. The standard InChI is InChI=1S/C55H100N16O15S2/c1-29(2)24-37(50(80)65-34(15-8-11-21-57)47(77)68-39(28-88)55(85)86)66-48(78)36(18-19-41(60)73)62-42(74)25-61-46(76)33(14-7-10-20-56)64-51(81)38(26-72)67-53(83)43(30(3)4)69-52(82)40-17-13-23-71(40)54(84)44(31(5)6)70-49(79)35(16-9-12-22-58)63-45(75)32(59)27-87/h29-40,43-44,72,87-88H,7-28,56-59H2,1-6H3,(H2,60,73)(H,61,76)(H,62,74)(H,63,75)(H,64,81)(H,65,80)(H,66,78)(H,67,83)(H,68,77)(H,69,82)(H,70,79)(H,85,86)/t32-,33-,34-,35-,36-,37-,38-,39-,40-,43-,44-/m0/s1. The van der Waals surface area contributed by atoms with Crippen molar-refractivity contribution >= 4 is 102 Å². The van der Waals surface area contributed by atoms with Gasteiger partial charge in [0.25, 0.3) is 0 Å². The molecule has 502 valence electrons. The minimum absolute atomic E-state index is 0.0195. The van der Waals surface area contributed by atoms with Crippen molar-refractivity contribution in [3.05, 3.63) is 0 Å². The Labute approximate surface area is 525 Å². The number of aliphatic hydroxyl groups excluding tert-OH is 1. The van der Waals surface area contributed by atoms with Gasteiger partial charge in [0.1, 0.15) is 60.4 Å². The number of nitrogens with one attached hydrogen (secondary N) is 10. The molecule has 33 heteroatoms. The summed E-state index contributed by atoms with van der Waals surface area (Å²) >= 11 is 8.04. The first-order chi connectivity index (χ1) is 41.5. The Morgan fingerprint density at radius 2 is 0.966 bits per heavy atom. The molecule has 12 amide bonds. The largest absolute Gasteiger partial charge is 0.480 e. The Balaban J connectivity index is 3.27. The fourth-order valence-corrected chi connectivity index (χ4v) is 9.62. The third kappa shape index (κ3) is 28.8. The molecule has 0 aromatic heterocycles. The van der Waals surface area contributed by atoms with Crippen molar-refractivity contribution in [3.63, 3.8) is 0 Å². The number of carbonyl (C=O) groups excluding carboxylic acids is 12. The second-order valence-corrected chi connectivity index (χ2v) is 23.6. The highest BCUT2D eigenvalue weighted by Gasteiger charge is 2.42. The smallest absolute Gasteiger partial charge is 0.327 e. The van der Waals surface area contributed by atoms with Crippen LogP contribution in [0.3, 0.4) is 0 Å². The van der Waals surface area contributed by atoms with Crippen LogP contribution < -0.4 is 81.8 Å². The van der Waals surface area contributed by atoms with Gasteiger partial charge in [-0.2, -0.15) is 25.3 Å². The maximum Gasteiger partial charge on any atom is 0.327 e. The van der Waals surface area contributed by atoms with E-state index in [1.807, 2.05) is 0 Å². The Hall–Kier alpha value is -6.39. The van der Waals surface area contributed by atoms with E-state index in [9.17, 15) is 72.5 Å². The van der Waals surface area contributed by atoms with Crippen LogP contribution in [0, 0.1) is 17.8 Å². The molecule has 0 unspecified atom stereocenters. The van der Waals surface area contributed by atoms with Gasteiger partial charge in [0.15, 0.2) is 0 Å². The number of aliphatic carboxylic acids is 1. The number of aliphatic hydroxyl groups is 1. The Morgan fingerprint density at radius 3 is 1.42 bits per heavy atom. The number of rotatable bonds is 44. The van der Waals surface area contributed by atoms with Crippen LogP contribution >= 0.6 is 25.3 Å². The van der Waals surface area contributed by atoms with Crippen molar-refractivity contribution in [1.29, 1.82) is 0 Å². The van der Waals surface area contributed by atoms with Gasteiger partial charge in [0.2, 0.25) is 70.9 Å². The normalized spacial score (nSPS) is 16.5. The van der Waals surface area contributed by atoms with Gasteiger partial charge in [-0.1, -0.05) is 41.5 Å². The van der Waals surface area contributed by atoms with Crippen molar-refractivity contribution in [1.82, 2.24) is 58.1 Å². The Bertz CT molecular complexity index is 2320. The van der Waals surface area contributed by atoms with Crippen molar-refractivity contribution < 1.29 is 72.5 Å². The molecule has 0 bridgehead atoms. The van der Waals surface area contributed by atoms with Gasteiger partial charge in [-0.05, 0) is 121 Å². The van der Waals surface area contributed by atoms with E-state index < -0.39 is 175 Å². The van der Waals surface area contributed by atoms with Gasteiger partial charge in [-0.15, -0.1) is 0 Å². The highest BCUT2D eigenvalue weighted by molar-refractivity contribution is 7.80. The number of carbonyl (C=O) groups is 13. The van der Waals surface area contributed by atoms with Crippen molar-refractivity contribution in [2.45, 2.75) is 198 Å². The lowest BCUT2D eigenvalue weighted by molar-refractivity contribution is -0.143. The minimum atomic E-state index is -1.69. The topological polar surface area (TPSA) is 516 Å². The first-order valence-corrected chi connectivity index (χ1v) is 31.3. The van der Waals surface area contributed by atoms with E-state index >= 15 is 0 Å². The van der Waals surface area contributed by atoms with Crippen LogP contribution in [0.2, 0.25) is 0 Å². The van der Waals surface area contributed by atoms with Crippen molar-refractivity contribution in [2.24, 2.45) is 46.4 Å². The van der Waals surface area contributed by atoms with Crippen LogP contribution in [0.5, 0.6) is 0 Å². The summed E-state index contributed by atoms with van der Waals surface area (Å²) in [6.45, 7) is 9.30. The molecule has 31 nitrogen and oxygen atoms in total. The summed E-state index contributed by atoms with van der Waals surface area (Å²) in [5.74, 6) is -12.7. The van der Waals surface area contributed by atoms with E-state index in [1.54, 1.807) is 41.5 Å². The molecular weight excluding hydrogens is 1190 g/mol. The van der Waals surface area contributed by atoms with Gasteiger partial charge < -0.3 is 96.9 Å². The zero-order valence-corrected chi connectivity index (χ0v) is 53.4. The molecule has 1 aliphatic heterocycles. The van der Waals surface area contributed by atoms with Crippen molar-refractivity contribution in [3.8, 4) is 0 Å². The predicted octanol–water partition coefficient (Wildman–Crippen LogP) is -5.27. The molecule has 0 aromatic rings. The number of unbranched alkanes of at least 4 members (excludes halogenated alkanes) is 3. The average molecular weight is 1290 g/mol. The lowest BCUT2D eigenvalue weighted by Gasteiger charge is -2.33. The van der Waals surface area contributed by atoms with E-state index in [4.69, 9.17) is 28.7 Å². The van der Waals surface area contributed by atoms with Gasteiger partial charge >= 0.3 is 5.97 Å². The number of nitrogens with zero attached hydrogens (tertiary/aromatic N) is 1. The second-order valence-electron chi connectivity index (χ2n) is 22.8. The molecule has 1 fully saturated rings. The van der Waals surface area contributed by atoms with Crippen LogP contribution in [-0.2, 0) is 62.3 Å². The summed E-state index contributed by atoms with van der Waals surface area (Å²) in [5, 5.41) is 45.1. The summed E-state index contributed by atoms with van der Waals surface area (Å²) in [6, 6.07) is -14.1. The second kappa shape index (κ2) is 42.5. The first kappa shape index (κ1) is 79.6. The van der Waals surface area contributed by atoms with Crippen molar-refractivity contribution in [2.75, 3.05) is 50.8 Å². The monoisotopic (exact) mass is 1290 g/mol. The molecule has 0 radical (unpaired) electrons. The maximum atomic E-state index is 14.2. The zero-order chi connectivity index (χ0) is 66.8. The molecule has 1 rings (SSSR count). The first-order valence-electron chi connectivity index (χ1n) is 30.0. The lowest BCUT2D eigenvalue weighted by Crippen LogP contribution is -2.61. The molecule has 1 saturated heterocycles. The predicted molar refractivity (Wildman–Crippen MR) is 332 cm³/mol. The number of nitrogens with two attached hydrogens (primary N) is 5. The van der Waals surface area contributed by atoms with E-state index in [-0.39, 0.29) is 82.0 Å². The maximum absolute atomic E-state index is 14.2. The number of thiol groups is 2. The van der Waals surface area contributed by atoms with Gasteiger partial charge in [-0.3, -0.25) is 57.5 Å². The lowest BCUT2D eigenvalue weighted by atomic mass is 10.00. The number of hydrogen-bond donors (Lipinski definition) is 19. The summed E-state index contributed by atoms with van der Waals surface area (Å²) in [5.41, 5.74) is 28.2. The van der Waals surface area contributed by atoms with E-state index in [0.29, 0.717) is 45.1 Å². The van der Waals surface area contributed by atoms with Crippen LogP contribution in [0.4, 0.5) is 0 Å². The van der Waals surface area contributed by atoms with E-state index in [2.05, 4.69) is 78.4 Å². The number of carboxylic acid groups (broad SMARTS) is 1. The number of likely N-dealkylation sites (tertiary alicyclic amines) is 1. The highest BCUT2D eigenvalue weighted by Crippen LogP contribution is 2.22. The van der Waals surface area contributed by atoms with E-state index in [0.717, 1.165) is 0 Å². The third-order valence-corrected chi connectivity index (χ3v) is 15.1. The molecule has 88 heavy (non-hydrogen) atoms. The molecule has 0 aromatic carbocycles. The van der Waals surface area contributed by atoms with Gasteiger partial charge in [0, 0.05) is 24.5 Å². The minimum Gasteiger partial charge on any atom is -0.480 e. The fourth-order valence-electron chi connectivity index (χ4n) is 9.20. The van der Waals surface area contributed by atoms with Crippen LogP contribution in [0.1, 0.15) is 131 Å². The van der Waals surface area contributed by atoms with Gasteiger partial charge in [-0.25, -0.2) is 4.79 Å². The highest BCUT2D eigenvalue weighted by atomic mass is 32.1. The number of carboxylic acids is 1. The third-order valence-electron chi connectivity index (χ3n) is 14.3. The average Bonchev–Trinajstić information content (AvgIpc) is 4.19. The van der Waals surface area contributed by atoms with Gasteiger partial charge in [0.05, 0.1) is 19.2 Å². The summed E-state index contributed by atoms with van der Waals surface area (Å²) in [4.78, 5) is 175. The fraction of sp³-hybridized carbons (Fsp3) is 0.764. The quantitative estimate of drug-likeness (QED) is 0.0200. The molecule has 0 spiro atoms. The molecule has 11 atom stereocenters. The number of primary amides is 1. The summed E-state index contributed by atoms with van der Waals surface area (Å²) < 4.78 is 0. The molecule has 1 aliphatic rings. The van der Waals surface area contributed by atoms with Crippen LogP contribution in [0.15, 0.2) is 0 Å². The molecular formula is C55H100N16O15S2. The SMILES string of the molecule is CC(C)C[C@H](NC(=O)[C@H](CCC(N)=O)NC(=O)CNC(=O)[C@H](CCCCN)NC(=O)[C@H](CO)NC(=O)[C@@H](NC(=O)[C@@H]1CCCN1C(=O)[C@@H](NC(=O)[C@H](CCCCN)NC(=O)[C@@H](N)CS)C(C)C)C(C)C)C(=O)N[C@@H](CCCCN)C(=O)N[C@@H](CS)C(=O)O. The summed E-state index contributed by atoms with van der Waals surface area (Å²) in [6.07, 6.45) is 2.63. The van der Waals surface area contributed by atoms with Crippen LogP contribution in [-0.4, -0.2) is 209 Å². The Morgan fingerprint density at radius 1 is 0.523 bits per heavy atom.